The first-order valence-electron chi connectivity index (χ1n) is 10.2. The molecule has 0 aliphatic carbocycles. The van der Waals surface area contributed by atoms with Gasteiger partial charge >= 0.3 is 11.8 Å². The van der Waals surface area contributed by atoms with Crippen LogP contribution in [0, 0.1) is 6.92 Å². The quantitative estimate of drug-likeness (QED) is 0.469. The van der Waals surface area contributed by atoms with E-state index in [9.17, 15) is 18.0 Å². The number of benzene rings is 2. The zero-order valence-corrected chi connectivity index (χ0v) is 18.2. The predicted molar refractivity (Wildman–Crippen MR) is 116 cm³/mol. The second-order valence-electron chi connectivity index (χ2n) is 7.31. The van der Waals surface area contributed by atoms with E-state index < -0.39 is 28.1 Å². The van der Waals surface area contributed by atoms with E-state index in [1.807, 2.05) is 37.3 Å². The molecule has 2 aromatic rings. The Bertz CT molecular complexity index is 994. The molecule has 0 unspecified atom stereocenters. The third-order valence-electron chi connectivity index (χ3n) is 4.98. The number of nitrogens with one attached hydrogen (secondary N) is 2. The maximum atomic E-state index is 12.9. The lowest BCUT2D eigenvalue weighted by Gasteiger charge is -2.22. The van der Waals surface area contributed by atoms with E-state index >= 15 is 0 Å². The molecule has 1 atom stereocenters. The molecule has 0 radical (unpaired) electrons. The van der Waals surface area contributed by atoms with Crippen molar-refractivity contribution in [2.75, 3.05) is 26.2 Å². The Hall–Kier alpha value is -2.75. The van der Waals surface area contributed by atoms with Crippen LogP contribution in [-0.2, 0) is 30.8 Å². The number of hydrogen-bond donors (Lipinski definition) is 2. The summed E-state index contributed by atoms with van der Waals surface area (Å²) in [7, 11) is -3.76. The minimum atomic E-state index is -3.76. The van der Waals surface area contributed by atoms with Gasteiger partial charge in [0.15, 0.2) is 0 Å². The Kier molecular flexibility index (Phi) is 7.78. The van der Waals surface area contributed by atoms with Crippen LogP contribution >= 0.6 is 0 Å². The lowest BCUT2D eigenvalue weighted by atomic mass is 10.1. The first kappa shape index (κ1) is 22.9. The normalized spacial score (nSPS) is 16.7. The Balaban J connectivity index is 1.46. The molecular weight excluding hydrogens is 418 g/mol. The Morgan fingerprint density at radius 2 is 1.71 bits per heavy atom. The number of ether oxygens (including phenoxy) is 1. The van der Waals surface area contributed by atoms with Gasteiger partial charge in [0.1, 0.15) is 6.23 Å². The van der Waals surface area contributed by atoms with Crippen LogP contribution in [0.2, 0.25) is 0 Å². The van der Waals surface area contributed by atoms with Crippen molar-refractivity contribution in [3.05, 3.63) is 65.7 Å². The van der Waals surface area contributed by atoms with Crippen LogP contribution < -0.4 is 10.6 Å². The van der Waals surface area contributed by atoms with Crippen LogP contribution in [0.4, 0.5) is 0 Å². The summed E-state index contributed by atoms with van der Waals surface area (Å²) in [6, 6.07) is 16.4. The molecular formula is C22H27N3O5S. The first-order valence-corrected chi connectivity index (χ1v) is 11.6. The highest BCUT2D eigenvalue weighted by Gasteiger charge is 2.36. The SMILES string of the molecule is Cc1ccc(S(=O)(=O)N2CCO[C@H]2CNC(=O)C(=O)NCCCc2ccccc2)cc1. The summed E-state index contributed by atoms with van der Waals surface area (Å²) in [6.07, 6.45) is 0.642. The molecule has 9 heteroatoms. The van der Waals surface area contributed by atoms with Crippen molar-refractivity contribution in [1.29, 1.82) is 0 Å². The van der Waals surface area contributed by atoms with Gasteiger partial charge in [0.05, 0.1) is 18.0 Å². The predicted octanol–water partition coefficient (Wildman–Crippen LogP) is 1.21. The van der Waals surface area contributed by atoms with E-state index in [2.05, 4.69) is 10.6 Å². The molecule has 166 valence electrons. The number of rotatable bonds is 8. The molecule has 2 N–H and O–H groups in total. The van der Waals surface area contributed by atoms with Gasteiger partial charge in [-0.05, 0) is 37.5 Å². The third kappa shape index (κ3) is 6.13. The number of carbonyl (C=O) groups excluding carboxylic acids is 2. The molecule has 1 aliphatic rings. The van der Waals surface area contributed by atoms with Gasteiger partial charge in [-0.3, -0.25) is 9.59 Å². The van der Waals surface area contributed by atoms with E-state index in [1.54, 1.807) is 24.3 Å². The molecule has 1 heterocycles. The number of sulfonamides is 1. The Labute approximate surface area is 182 Å². The molecule has 0 saturated carbocycles. The van der Waals surface area contributed by atoms with E-state index in [4.69, 9.17) is 4.74 Å². The summed E-state index contributed by atoms with van der Waals surface area (Å²) >= 11 is 0. The monoisotopic (exact) mass is 445 g/mol. The van der Waals surface area contributed by atoms with Gasteiger partial charge in [0.2, 0.25) is 10.0 Å². The molecule has 1 aliphatic heterocycles. The van der Waals surface area contributed by atoms with Gasteiger partial charge in [-0.25, -0.2) is 8.42 Å². The van der Waals surface area contributed by atoms with E-state index in [-0.39, 0.29) is 24.6 Å². The topological polar surface area (TPSA) is 105 Å². The molecule has 1 saturated heterocycles. The molecule has 0 spiro atoms. The fraction of sp³-hybridized carbons (Fsp3) is 0.364. The van der Waals surface area contributed by atoms with Gasteiger partial charge in [0.25, 0.3) is 0 Å². The fourth-order valence-corrected chi connectivity index (χ4v) is 4.78. The van der Waals surface area contributed by atoms with E-state index in [0.717, 1.165) is 17.5 Å². The smallest absolute Gasteiger partial charge is 0.309 e. The molecule has 0 bridgehead atoms. The zero-order chi connectivity index (χ0) is 22.3. The zero-order valence-electron chi connectivity index (χ0n) is 17.4. The van der Waals surface area contributed by atoms with Crippen molar-refractivity contribution < 1.29 is 22.7 Å². The molecule has 2 aromatic carbocycles. The average molecular weight is 446 g/mol. The van der Waals surface area contributed by atoms with Crippen LogP contribution in [0.25, 0.3) is 0 Å². The highest BCUT2D eigenvalue weighted by atomic mass is 32.2. The molecule has 8 nitrogen and oxygen atoms in total. The number of amides is 2. The van der Waals surface area contributed by atoms with Gasteiger partial charge in [0, 0.05) is 13.1 Å². The minimum absolute atomic E-state index is 0.110. The van der Waals surface area contributed by atoms with Crippen LogP contribution in [0.1, 0.15) is 17.5 Å². The summed E-state index contributed by atoms with van der Waals surface area (Å²) in [6.45, 7) is 2.54. The van der Waals surface area contributed by atoms with Gasteiger partial charge in [-0.2, -0.15) is 4.31 Å². The molecule has 2 amide bonds. The van der Waals surface area contributed by atoms with Crippen molar-refractivity contribution in [2.45, 2.75) is 30.9 Å². The first-order chi connectivity index (χ1) is 14.9. The minimum Gasteiger partial charge on any atom is -0.359 e. The Morgan fingerprint density at radius 1 is 1.03 bits per heavy atom. The maximum Gasteiger partial charge on any atom is 0.309 e. The molecule has 0 aromatic heterocycles. The summed E-state index contributed by atoms with van der Waals surface area (Å²) in [5.74, 6) is -1.57. The van der Waals surface area contributed by atoms with E-state index in [0.29, 0.717) is 13.0 Å². The standard InChI is InChI=1S/C22H27N3O5S/c1-17-9-11-19(12-10-17)31(28,29)25-14-15-30-20(25)16-24-22(27)21(26)23-13-5-8-18-6-3-2-4-7-18/h2-4,6-7,9-12,20H,5,8,13-16H2,1H3,(H,23,26)(H,24,27)/t20-/m0/s1. The highest BCUT2D eigenvalue weighted by molar-refractivity contribution is 7.89. The van der Waals surface area contributed by atoms with Crippen LogP contribution in [0.15, 0.2) is 59.5 Å². The summed E-state index contributed by atoms with van der Waals surface area (Å²) in [5, 5.41) is 5.04. The second kappa shape index (κ2) is 10.5. The van der Waals surface area contributed by atoms with Crippen molar-refractivity contribution in [2.24, 2.45) is 0 Å². The van der Waals surface area contributed by atoms with Crippen molar-refractivity contribution in [1.82, 2.24) is 14.9 Å². The lowest BCUT2D eigenvalue weighted by Crippen LogP contribution is -2.47. The van der Waals surface area contributed by atoms with E-state index in [1.165, 1.54) is 4.31 Å². The fourth-order valence-electron chi connectivity index (χ4n) is 3.27. The van der Waals surface area contributed by atoms with Gasteiger partial charge in [-0.1, -0.05) is 48.0 Å². The number of nitrogens with zero attached hydrogens (tertiary/aromatic N) is 1. The lowest BCUT2D eigenvalue weighted by molar-refractivity contribution is -0.139. The third-order valence-corrected chi connectivity index (χ3v) is 6.89. The molecule has 31 heavy (non-hydrogen) atoms. The number of carbonyl (C=O) groups is 2. The van der Waals surface area contributed by atoms with Crippen molar-refractivity contribution >= 4 is 21.8 Å². The van der Waals surface area contributed by atoms with Gasteiger partial charge < -0.3 is 15.4 Å². The Morgan fingerprint density at radius 3 is 2.42 bits per heavy atom. The highest BCUT2D eigenvalue weighted by Crippen LogP contribution is 2.22. The van der Waals surface area contributed by atoms with Gasteiger partial charge in [-0.15, -0.1) is 0 Å². The average Bonchev–Trinajstić information content (AvgIpc) is 3.25. The summed E-state index contributed by atoms with van der Waals surface area (Å²) in [5.41, 5.74) is 2.12. The summed E-state index contributed by atoms with van der Waals surface area (Å²) in [4.78, 5) is 24.2. The second-order valence-corrected chi connectivity index (χ2v) is 9.20. The maximum absolute atomic E-state index is 12.9. The van der Waals surface area contributed by atoms with Crippen LogP contribution in [0.5, 0.6) is 0 Å². The molecule has 1 fully saturated rings. The van der Waals surface area contributed by atoms with Crippen molar-refractivity contribution in [3.8, 4) is 0 Å². The number of aryl methyl sites for hydroxylation is 2. The number of hydrogen-bond acceptors (Lipinski definition) is 5. The summed E-state index contributed by atoms with van der Waals surface area (Å²) < 4.78 is 32.4. The van der Waals surface area contributed by atoms with Crippen LogP contribution in [-0.4, -0.2) is 57.0 Å². The largest absolute Gasteiger partial charge is 0.359 e. The molecule has 3 rings (SSSR count). The van der Waals surface area contributed by atoms with Crippen molar-refractivity contribution in [3.63, 3.8) is 0 Å². The van der Waals surface area contributed by atoms with Crippen LogP contribution in [0.3, 0.4) is 0 Å².